The molecule has 0 fully saturated rings. The molecule has 2 N–H and O–H groups in total. The fraction of sp³-hybridized carbons (Fsp3) is 0.0588. The van der Waals surface area contributed by atoms with Crippen LogP contribution in [0.1, 0.15) is 5.56 Å². The molecule has 0 bridgehead atoms. The number of aromatic hydroxyl groups is 1. The lowest BCUT2D eigenvalue weighted by Gasteiger charge is -2.11. The van der Waals surface area contributed by atoms with Gasteiger partial charge in [0.15, 0.2) is 0 Å². The van der Waals surface area contributed by atoms with Crippen LogP contribution in [0.3, 0.4) is 0 Å². The molecule has 0 aliphatic carbocycles. The van der Waals surface area contributed by atoms with Crippen LogP contribution in [-0.4, -0.2) is 5.11 Å². The van der Waals surface area contributed by atoms with Crippen molar-refractivity contribution in [3.05, 3.63) is 71.2 Å². The Balaban J connectivity index is 1.89. The van der Waals surface area contributed by atoms with Crippen LogP contribution >= 0.6 is 11.6 Å². The van der Waals surface area contributed by atoms with Gasteiger partial charge in [-0.25, -0.2) is 0 Å². The molecule has 3 rings (SSSR count). The summed E-state index contributed by atoms with van der Waals surface area (Å²) in [5, 5.41) is 16.2. The number of rotatable bonds is 3. The maximum atomic E-state index is 9.83. The van der Waals surface area contributed by atoms with E-state index in [-0.39, 0.29) is 5.75 Å². The Hall–Kier alpha value is -2.19. The van der Waals surface area contributed by atoms with E-state index in [1.54, 1.807) is 18.2 Å². The molecule has 0 atom stereocenters. The topological polar surface area (TPSA) is 32.3 Å². The van der Waals surface area contributed by atoms with E-state index in [2.05, 4.69) is 23.5 Å². The number of hydrogen-bond acceptors (Lipinski definition) is 2. The molecular formula is C17H14ClNO. The first-order valence-corrected chi connectivity index (χ1v) is 6.81. The second-order valence-electron chi connectivity index (χ2n) is 4.65. The Bertz CT molecular complexity index is 750. The average molecular weight is 284 g/mol. The molecule has 0 saturated carbocycles. The molecular weight excluding hydrogens is 270 g/mol. The Morgan fingerprint density at radius 1 is 0.950 bits per heavy atom. The van der Waals surface area contributed by atoms with Crippen molar-refractivity contribution in [3.8, 4) is 5.75 Å². The highest BCUT2D eigenvalue weighted by Crippen LogP contribution is 2.26. The fourth-order valence-corrected chi connectivity index (χ4v) is 2.46. The molecule has 0 saturated heterocycles. The predicted octanol–water partition coefficient (Wildman–Crippen LogP) is 4.81. The highest BCUT2D eigenvalue weighted by Gasteiger charge is 2.04. The van der Waals surface area contributed by atoms with Crippen LogP contribution in [0.5, 0.6) is 5.75 Å². The summed E-state index contributed by atoms with van der Waals surface area (Å²) in [6, 6.07) is 19.4. The minimum atomic E-state index is 0.252. The number of phenolic OH excluding ortho intramolecular Hbond substituents is 1. The lowest BCUT2D eigenvalue weighted by atomic mass is 10.1. The van der Waals surface area contributed by atoms with E-state index >= 15 is 0 Å². The van der Waals surface area contributed by atoms with Crippen molar-refractivity contribution in [2.24, 2.45) is 0 Å². The Morgan fingerprint density at radius 2 is 1.75 bits per heavy atom. The number of nitrogens with one attached hydrogen (secondary N) is 1. The summed E-state index contributed by atoms with van der Waals surface area (Å²) in [4.78, 5) is 0. The highest BCUT2D eigenvalue weighted by atomic mass is 35.5. The van der Waals surface area contributed by atoms with E-state index in [1.165, 1.54) is 5.39 Å². The quantitative estimate of drug-likeness (QED) is 0.723. The molecule has 0 aliphatic rings. The van der Waals surface area contributed by atoms with Crippen molar-refractivity contribution in [1.82, 2.24) is 0 Å². The van der Waals surface area contributed by atoms with Gasteiger partial charge in [-0.05, 0) is 29.7 Å². The Labute approximate surface area is 122 Å². The molecule has 0 unspecified atom stereocenters. The van der Waals surface area contributed by atoms with Crippen molar-refractivity contribution < 1.29 is 5.11 Å². The summed E-state index contributed by atoms with van der Waals surface area (Å²) in [6.45, 7) is 0.528. The van der Waals surface area contributed by atoms with Crippen LogP contribution in [0.25, 0.3) is 10.8 Å². The van der Waals surface area contributed by atoms with E-state index in [4.69, 9.17) is 11.6 Å². The molecule has 3 aromatic rings. The van der Waals surface area contributed by atoms with Gasteiger partial charge in [-0.15, -0.1) is 0 Å². The SMILES string of the molecule is Oc1ccc(Cl)cc1CNc1cccc2ccccc12. The molecule has 20 heavy (non-hydrogen) atoms. The van der Waals surface area contributed by atoms with Crippen molar-refractivity contribution in [2.45, 2.75) is 6.54 Å². The van der Waals surface area contributed by atoms with Crippen LogP contribution < -0.4 is 5.32 Å². The van der Waals surface area contributed by atoms with Crippen molar-refractivity contribution in [1.29, 1.82) is 0 Å². The molecule has 0 aliphatic heterocycles. The van der Waals surface area contributed by atoms with Crippen molar-refractivity contribution >= 4 is 28.1 Å². The first-order chi connectivity index (χ1) is 9.74. The number of fused-ring (bicyclic) bond motifs is 1. The van der Waals surface area contributed by atoms with Gasteiger partial charge < -0.3 is 10.4 Å². The third-order valence-electron chi connectivity index (χ3n) is 3.30. The average Bonchev–Trinajstić information content (AvgIpc) is 2.48. The normalized spacial score (nSPS) is 10.7. The van der Waals surface area contributed by atoms with E-state index in [9.17, 15) is 5.11 Å². The number of halogens is 1. The van der Waals surface area contributed by atoms with Gasteiger partial charge in [0, 0.05) is 28.2 Å². The molecule has 0 spiro atoms. The third kappa shape index (κ3) is 2.56. The minimum Gasteiger partial charge on any atom is -0.508 e. The standard InChI is InChI=1S/C17H14ClNO/c18-14-8-9-17(20)13(10-14)11-19-16-7-3-5-12-4-1-2-6-15(12)16/h1-10,19-20H,11H2. The summed E-state index contributed by atoms with van der Waals surface area (Å²) in [7, 11) is 0. The second-order valence-corrected chi connectivity index (χ2v) is 5.09. The van der Waals surface area contributed by atoms with E-state index < -0.39 is 0 Å². The number of hydrogen-bond donors (Lipinski definition) is 2. The predicted molar refractivity (Wildman–Crippen MR) is 84.4 cm³/mol. The van der Waals surface area contributed by atoms with E-state index in [1.807, 2.05) is 24.3 Å². The van der Waals surface area contributed by atoms with Crippen LogP contribution in [0.15, 0.2) is 60.7 Å². The van der Waals surface area contributed by atoms with E-state index in [0.29, 0.717) is 11.6 Å². The molecule has 100 valence electrons. The monoisotopic (exact) mass is 283 g/mol. The minimum absolute atomic E-state index is 0.252. The van der Waals surface area contributed by atoms with Gasteiger partial charge in [0.25, 0.3) is 0 Å². The van der Waals surface area contributed by atoms with Crippen molar-refractivity contribution in [3.63, 3.8) is 0 Å². The molecule has 3 heteroatoms. The summed E-state index contributed by atoms with van der Waals surface area (Å²) in [6.07, 6.45) is 0. The summed E-state index contributed by atoms with van der Waals surface area (Å²) >= 11 is 5.95. The molecule has 0 heterocycles. The first-order valence-electron chi connectivity index (χ1n) is 6.43. The van der Waals surface area contributed by atoms with Gasteiger partial charge >= 0.3 is 0 Å². The summed E-state index contributed by atoms with van der Waals surface area (Å²) < 4.78 is 0. The maximum absolute atomic E-state index is 9.83. The van der Waals surface area contributed by atoms with Gasteiger partial charge in [0.2, 0.25) is 0 Å². The molecule has 0 amide bonds. The van der Waals surface area contributed by atoms with Crippen LogP contribution in [0.4, 0.5) is 5.69 Å². The molecule has 3 aromatic carbocycles. The number of phenols is 1. The van der Waals surface area contributed by atoms with E-state index in [0.717, 1.165) is 16.6 Å². The smallest absolute Gasteiger partial charge is 0.120 e. The molecule has 0 radical (unpaired) electrons. The zero-order chi connectivity index (χ0) is 13.9. The largest absolute Gasteiger partial charge is 0.508 e. The van der Waals surface area contributed by atoms with Gasteiger partial charge in [0.05, 0.1) is 0 Å². The van der Waals surface area contributed by atoms with Crippen LogP contribution in [-0.2, 0) is 6.54 Å². The Kier molecular flexibility index (Phi) is 3.48. The lowest BCUT2D eigenvalue weighted by molar-refractivity contribution is 0.469. The number of anilines is 1. The molecule has 2 nitrogen and oxygen atoms in total. The van der Waals surface area contributed by atoms with Crippen LogP contribution in [0.2, 0.25) is 5.02 Å². The van der Waals surface area contributed by atoms with Crippen molar-refractivity contribution in [2.75, 3.05) is 5.32 Å². The van der Waals surface area contributed by atoms with Gasteiger partial charge in [-0.2, -0.15) is 0 Å². The zero-order valence-electron chi connectivity index (χ0n) is 10.8. The fourth-order valence-electron chi connectivity index (χ4n) is 2.27. The van der Waals surface area contributed by atoms with Gasteiger partial charge in [-0.3, -0.25) is 0 Å². The highest BCUT2D eigenvalue weighted by molar-refractivity contribution is 6.30. The molecule has 0 aromatic heterocycles. The third-order valence-corrected chi connectivity index (χ3v) is 3.54. The number of benzene rings is 3. The lowest BCUT2D eigenvalue weighted by Crippen LogP contribution is -2.00. The Morgan fingerprint density at radius 3 is 2.65 bits per heavy atom. The second kappa shape index (κ2) is 5.43. The van der Waals surface area contributed by atoms with Gasteiger partial charge in [-0.1, -0.05) is 48.0 Å². The maximum Gasteiger partial charge on any atom is 0.120 e. The van der Waals surface area contributed by atoms with Gasteiger partial charge in [0.1, 0.15) is 5.75 Å². The summed E-state index contributed by atoms with van der Waals surface area (Å²) in [5.41, 5.74) is 1.83. The van der Waals surface area contributed by atoms with Crippen LogP contribution in [0, 0.1) is 0 Å². The zero-order valence-corrected chi connectivity index (χ0v) is 11.6. The summed E-state index contributed by atoms with van der Waals surface area (Å²) in [5.74, 6) is 0.252. The first kappa shape index (κ1) is 12.8.